The zero-order valence-corrected chi connectivity index (χ0v) is 13.4. The molecule has 0 aromatic carbocycles. The van der Waals surface area contributed by atoms with E-state index in [-0.39, 0.29) is 17.4 Å². The van der Waals surface area contributed by atoms with Crippen LogP contribution in [0.5, 0.6) is 0 Å². The van der Waals surface area contributed by atoms with E-state index in [1.807, 2.05) is 0 Å². The standard InChI is InChI=1S/C16H30N2O2/c1-16(2,3)14(20-4)10-17-15(19)9-11-7-12-5-6-13(8-11)18-12/h11-14,18H,5-10H2,1-4H3,(H,17,19). The van der Waals surface area contributed by atoms with Crippen molar-refractivity contribution in [2.75, 3.05) is 13.7 Å². The average molecular weight is 282 g/mol. The van der Waals surface area contributed by atoms with E-state index in [1.165, 1.54) is 12.8 Å². The minimum atomic E-state index is 0.0515. The topological polar surface area (TPSA) is 50.4 Å². The Morgan fingerprint density at radius 3 is 2.40 bits per heavy atom. The Balaban J connectivity index is 1.73. The summed E-state index contributed by atoms with van der Waals surface area (Å²) in [6.45, 7) is 7.02. The number of ether oxygens (including phenoxy) is 1. The summed E-state index contributed by atoms with van der Waals surface area (Å²) in [5.74, 6) is 0.743. The molecule has 4 nitrogen and oxygen atoms in total. The Morgan fingerprint density at radius 1 is 1.30 bits per heavy atom. The van der Waals surface area contributed by atoms with Crippen LogP contribution < -0.4 is 10.6 Å². The maximum Gasteiger partial charge on any atom is 0.220 e. The molecule has 2 bridgehead atoms. The van der Waals surface area contributed by atoms with Gasteiger partial charge in [0.1, 0.15) is 0 Å². The minimum Gasteiger partial charge on any atom is -0.379 e. The molecular weight excluding hydrogens is 252 g/mol. The number of hydrogen-bond donors (Lipinski definition) is 2. The summed E-state index contributed by atoms with van der Waals surface area (Å²) in [6.07, 6.45) is 5.65. The van der Waals surface area contributed by atoms with Crippen molar-refractivity contribution >= 4 is 5.91 Å². The first-order valence-electron chi connectivity index (χ1n) is 7.94. The number of carbonyl (C=O) groups excluding carboxylic acids is 1. The molecule has 3 atom stereocenters. The SMILES string of the molecule is COC(CNC(=O)CC1CC2CCC(C1)N2)C(C)(C)C. The van der Waals surface area contributed by atoms with Crippen LogP contribution in [0.15, 0.2) is 0 Å². The molecule has 0 radical (unpaired) electrons. The lowest BCUT2D eigenvalue weighted by Crippen LogP contribution is -2.42. The second-order valence-corrected chi connectivity index (χ2v) is 7.57. The summed E-state index contributed by atoms with van der Waals surface area (Å²) in [4.78, 5) is 12.1. The molecule has 2 N–H and O–H groups in total. The van der Waals surface area contributed by atoms with E-state index < -0.39 is 0 Å². The highest BCUT2D eigenvalue weighted by atomic mass is 16.5. The van der Waals surface area contributed by atoms with E-state index in [0.717, 1.165) is 12.8 Å². The van der Waals surface area contributed by atoms with Crippen LogP contribution >= 0.6 is 0 Å². The summed E-state index contributed by atoms with van der Waals surface area (Å²) in [5, 5.41) is 6.67. The van der Waals surface area contributed by atoms with Gasteiger partial charge in [0.2, 0.25) is 5.91 Å². The van der Waals surface area contributed by atoms with Crippen LogP contribution in [0.2, 0.25) is 0 Å². The Morgan fingerprint density at radius 2 is 1.90 bits per heavy atom. The Bertz CT molecular complexity index is 326. The molecule has 0 saturated carbocycles. The van der Waals surface area contributed by atoms with Gasteiger partial charge in [-0.25, -0.2) is 0 Å². The zero-order valence-electron chi connectivity index (χ0n) is 13.4. The minimum absolute atomic E-state index is 0.0515. The summed E-state index contributed by atoms with van der Waals surface area (Å²) >= 11 is 0. The summed E-state index contributed by atoms with van der Waals surface area (Å²) < 4.78 is 5.47. The highest BCUT2D eigenvalue weighted by Gasteiger charge is 2.34. The van der Waals surface area contributed by atoms with Gasteiger partial charge in [0.05, 0.1) is 6.10 Å². The van der Waals surface area contributed by atoms with Crippen molar-refractivity contribution in [1.82, 2.24) is 10.6 Å². The fourth-order valence-corrected chi connectivity index (χ4v) is 3.63. The van der Waals surface area contributed by atoms with Gasteiger partial charge in [-0.2, -0.15) is 0 Å². The molecule has 2 saturated heterocycles. The van der Waals surface area contributed by atoms with Crippen molar-refractivity contribution in [2.45, 2.75) is 71.1 Å². The molecule has 2 heterocycles. The molecule has 3 unspecified atom stereocenters. The third-order valence-corrected chi connectivity index (χ3v) is 4.78. The summed E-state index contributed by atoms with van der Waals surface area (Å²) in [7, 11) is 1.71. The van der Waals surface area contributed by atoms with Crippen LogP contribution in [0.4, 0.5) is 0 Å². The Kier molecular flexibility index (Phi) is 5.08. The largest absolute Gasteiger partial charge is 0.379 e. The molecule has 116 valence electrons. The van der Waals surface area contributed by atoms with E-state index in [0.29, 0.717) is 31.0 Å². The lowest BCUT2D eigenvalue weighted by atomic mass is 9.88. The number of hydrogen-bond acceptors (Lipinski definition) is 3. The van der Waals surface area contributed by atoms with Gasteiger partial charge in [-0.1, -0.05) is 20.8 Å². The number of methoxy groups -OCH3 is 1. The van der Waals surface area contributed by atoms with Crippen molar-refractivity contribution in [1.29, 1.82) is 0 Å². The highest BCUT2D eigenvalue weighted by Crippen LogP contribution is 2.32. The molecule has 0 spiro atoms. The number of fused-ring (bicyclic) bond motifs is 2. The van der Waals surface area contributed by atoms with Crippen molar-refractivity contribution in [3.05, 3.63) is 0 Å². The number of amides is 1. The van der Waals surface area contributed by atoms with Gasteiger partial charge in [-0.15, -0.1) is 0 Å². The van der Waals surface area contributed by atoms with Gasteiger partial charge in [-0.05, 0) is 37.0 Å². The molecular formula is C16H30N2O2. The van der Waals surface area contributed by atoms with Crippen molar-refractivity contribution in [2.24, 2.45) is 11.3 Å². The fourth-order valence-electron chi connectivity index (χ4n) is 3.63. The Hall–Kier alpha value is -0.610. The van der Waals surface area contributed by atoms with Gasteiger partial charge in [0.15, 0.2) is 0 Å². The Labute approximate surface area is 123 Å². The first kappa shape index (κ1) is 15.8. The van der Waals surface area contributed by atoms with Crippen molar-refractivity contribution in [3.8, 4) is 0 Å². The molecule has 2 aliphatic heterocycles. The van der Waals surface area contributed by atoms with Crippen LogP contribution in [-0.4, -0.2) is 37.7 Å². The molecule has 4 heteroatoms. The van der Waals surface area contributed by atoms with E-state index in [1.54, 1.807) is 7.11 Å². The molecule has 2 aliphatic rings. The molecule has 0 aromatic heterocycles. The third-order valence-electron chi connectivity index (χ3n) is 4.78. The van der Waals surface area contributed by atoms with Crippen molar-refractivity contribution < 1.29 is 9.53 Å². The van der Waals surface area contributed by atoms with Gasteiger partial charge < -0.3 is 15.4 Å². The number of carbonyl (C=O) groups is 1. The number of piperidine rings is 1. The van der Waals surface area contributed by atoms with Gasteiger partial charge in [0, 0.05) is 32.2 Å². The predicted octanol–water partition coefficient (Wildman–Crippen LogP) is 2.08. The molecule has 0 aromatic rings. The molecule has 20 heavy (non-hydrogen) atoms. The van der Waals surface area contributed by atoms with Crippen LogP contribution in [-0.2, 0) is 9.53 Å². The smallest absolute Gasteiger partial charge is 0.220 e. The highest BCUT2D eigenvalue weighted by molar-refractivity contribution is 5.76. The maximum absolute atomic E-state index is 12.1. The lowest BCUT2D eigenvalue weighted by molar-refractivity contribution is -0.123. The third kappa shape index (κ3) is 4.19. The van der Waals surface area contributed by atoms with Crippen LogP contribution in [0, 0.1) is 11.3 Å². The summed E-state index contributed by atoms with van der Waals surface area (Å²) in [5.41, 5.74) is 0.0515. The fraction of sp³-hybridized carbons (Fsp3) is 0.938. The van der Waals surface area contributed by atoms with E-state index in [9.17, 15) is 4.79 Å². The second kappa shape index (κ2) is 6.44. The zero-order chi connectivity index (χ0) is 14.8. The van der Waals surface area contributed by atoms with Crippen LogP contribution in [0.1, 0.15) is 52.9 Å². The average Bonchev–Trinajstić information content (AvgIpc) is 2.67. The van der Waals surface area contributed by atoms with Crippen molar-refractivity contribution in [3.63, 3.8) is 0 Å². The van der Waals surface area contributed by atoms with Gasteiger partial charge in [-0.3, -0.25) is 4.79 Å². The van der Waals surface area contributed by atoms with E-state index in [4.69, 9.17) is 4.74 Å². The van der Waals surface area contributed by atoms with Gasteiger partial charge >= 0.3 is 0 Å². The lowest BCUT2D eigenvalue weighted by Gasteiger charge is -2.31. The quantitative estimate of drug-likeness (QED) is 0.812. The number of nitrogens with one attached hydrogen (secondary N) is 2. The van der Waals surface area contributed by atoms with Gasteiger partial charge in [0.25, 0.3) is 0 Å². The van der Waals surface area contributed by atoms with Crippen LogP contribution in [0.25, 0.3) is 0 Å². The first-order chi connectivity index (χ1) is 9.38. The van der Waals surface area contributed by atoms with Crippen LogP contribution in [0.3, 0.4) is 0 Å². The normalized spacial score (nSPS) is 31.1. The molecule has 2 fully saturated rings. The molecule has 1 amide bonds. The molecule has 0 aliphatic carbocycles. The summed E-state index contributed by atoms with van der Waals surface area (Å²) in [6, 6.07) is 1.32. The number of rotatable bonds is 5. The maximum atomic E-state index is 12.1. The predicted molar refractivity (Wildman–Crippen MR) is 80.5 cm³/mol. The molecule has 2 rings (SSSR count). The van der Waals surface area contributed by atoms with E-state index >= 15 is 0 Å². The van der Waals surface area contributed by atoms with E-state index in [2.05, 4.69) is 31.4 Å². The first-order valence-corrected chi connectivity index (χ1v) is 7.94. The monoisotopic (exact) mass is 282 g/mol. The second-order valence-electron chi connectivity index (χ2n) is 7.57.